The predicted octanol–water partition coefficient (Wildman–Crippen LogP) is 3.01. The zero-order valence-electron chi connectivity index (χ0n) is 17.4. The molecule has 162 valence electrons. The third kappa shape index (κ3) is 3.40. The van der Waals surface area contributed by atoms with Gasteiger partial charge in [-0.1, -0.05) is 0 Å². The summed E-state index contributed by atoms with van der Waals surface area (Å²) in [6, 6.07) is 1.24. The molecule has 7 aliphatic rings. The fraction of sp³-hybridized carbons (Fsp3) is 0.913. The highest BCUT2D eigenvalue weighted by atomic mass is 35.5. The van der Waals surface area contributed by atoms with Gasteiger partial charge in [-0.3, -0.25) is 9.59 Å². The van der Waals surface area contributed by atoms with Gasteiger partial charge in [-0.15, -0.1) is 12.4 Å². The van der Waals surface area contributed by atoms with Crippen molar-refractivity contribution < 1.29 is 9.59 Å². The summed E-state index contributed by atoms with van der Waals surface area (Å²) in [4.78, 5) is 28.9. The minimum atomic E-state index is -0.215. The fourth-order valence-electron chi connectivity index (χ4n) is 8.43. The van der Waals surface area contributed by atoms with Crippen LogP contribution in [0, 0.1) is 23.2 Å². The molecule has 4 saturated carbocycles. The lowest BCUT2D eigenvalue weighted by Crippen LogP contribution is -2.58. The van der Waals surface area contributed by atoms with Crippen molar-refractivity contribution >= 4 is 24.2 Å². The van der Waals surface area contributed by atoms with Crippen molar-refractivity contribution in [1.82, 2.24) is 15.5 Å². The number of rotatable bonds is 3. The van der Waals surface area contributed by atoms with Crippen LogP contribution < -0.4 is 10.6 Å². The average Bonchev–Trinajstić information content (AvgIpc) is 3.26. The number of fused-ring (bicyclic) bond motifs is 2. The van der Waals surface area contributed by atoms with Gasteiger partial charge in [0.25, 0.3) is 0 Å². The molecule has 0 spiro atoms. The van der Waals surface area contributed by atoms with E-state index in [-0.39, 0.29) is 29.8 Å². The van der Waals surface area contributed by atoms with Crippen molar-refractivity contribution in [2.75, 3.05) is 6.54 Å². The first-order chi connectivity index (χ1) is 13.6. The minimum Gasteiger partial charge on any atom is -0.351 e. The molecule has 3 unspecified atom stereocenters. The van der Waals surface area contributed by atoms with Crippen molar-refractivity contribution in [3.05, 3.63) is 0 Å². The van der Waals surface area contributed by atoms with E-state index in [9.17, 15) is 9.59 Å². The Morgan fingerprint density at radius 1 is 0.862 bits per heavy atom. The Morgan fingerprint density at radius 3 is 2.03 bits per heavy atom. The molecule has 5 nitrogen and oxygen atoms in total. The van der Waals surface area contributed by atoms with E-state index in [1.54, 1.807) is 0 Å². The van der Waals surface area contributed by atoms with E-state index in [1.165, 1.54) is 32.1 Å². The van der Waals surface area contributed by atoms with Crippen molar-refractivity contribution in [1.29, 1.82) is 0 Å². The maximum absolute atomic E-state index is 13.8. The summed E-state index contributed by atoms with van der Waals surface area (Å²) in [5.41, 5.74) is -0.120. The molecule has 6 bridgehead atoms. The molecule has 6 heteroatoms. The molecule has 3 atom stereocenters. The first-order valence-corrected chi connectivity index (χ1v) is 12.0. The Hall–Kier alpha value is -0.810. The van der Waals surface area contributed by atoms with E-state index in [1.807, 2.05) is 4.90 Å². The lowest BCUT2D eigenvalue weighted by molar-refractivity contribution is -0.160. The van der Waals surface area contributed by atoms with Crippen molar-refractivity contribution in [3.63, 3.8) is 0 Å². The Labute approximate surface area is 180 Å². The van der Waals surface area contributed by atoms with Gasteiger partial charge in [-0.05, 0) is 94.8 Å². The summed E-state index contributed by atoms with van der Waals surface area (Å²) in [5.74, 6) is 2.79. The van der Waals surface area contributed by atoms with Gasteiger partial charge in [-0.25, -0.2) is 0 Å². The van der Waals surface area contributed by atoms with Gasteiger partial charge >= 0.3 is 0 Å². The molecular formula is C23H36ClN3O2. The standard InChI is InChI=1S/C23H35N3O2.ClH/c27-21(25-19-9-17-3-4-18(10-19)24-17)20-2-1-5-26(20)22(28)23-11-14-6-15(12-23)8-16(7-14)13-23;/h14-20,24H,1-13H2,(H,25,27);1H. The van der Waals surface area contributed by atoms with Gasteiger partial charge < -0.3 is 15.5 Å². The molecule has 2 N–H and O–H groups in total. The average molecular weight is 422 g/mol. The van der Waals surface area contributed by atoms with Gasteiger partial charge in [0.2, 0.25) is 11.8 Å². The van der Waals surface area contributed by atoms with Crippen molar-refractivity contribution in [2.45, 2.75) is 101 Å². The Kier molecular flexibility index (Phi) is 5.13. The van der Waals surface area contributed by atoms with Crippen LogP contribution in [0.15, 0.2) is 0 Å². The molecular weight excluding hydrogens is 386 g/mol. The van der Waals surface area contributed by atoms with Crippen LogP contribution >= 0.6 is 12.4 Å². The highest BCUT2D eigenvalue weighted by molar-refractivity contribution is 5.91. The number of hydrogen-bond donors (Lipinski definition) is 2. The zero-order valence-corrected chi connectivity index (χ0v) is 18.2. The molecule has 4 aliphatic carbocycles. The molecule has 0 aromatic carbocycles. The number of halogens is 1. The number of carbonyl (C=O) groups is 2. The van der Waals surface area contributed by atoms with E-state index in [4.69, 9.17) is 0 Å². The molecule has 3 saturated heterocycles. The normalized spacial score (nSPS) is 47.2. The molecule has 0 aromatic heterocycles. The van der Waals surface area contributed by atoms with Crippen molar-refractivity contribution in [3.8, 4) is 0 Å². The molecule has 2 amide bonds. The van der Waals surface area contributed by atoms with Gasteiger partial charge in [0.05, 0.1) is 5.41 Å². The SMILES string of the molecule is Cl.O=C(NC1CC2CCC(C1)N2)C1CCCN1C(=O)C12CC3CC(CC(C3)C1)C2. The van der Waals surface area contributed by atoms with E-state index in [0.29, 0.717) is 24.0 Å². The molecule has 0 aromatic rings. The maximum atomic E-state index is 13.8. The van der Waals surface area contributed by atoms with E-state index in [0.717, 1.165) is 69.2 Å². The first-order valence-electron chi connectivity index (χ1n) is 12.0. The van der Waals surface area contributed by atoms with Crippen LogP contribution in [0.2, 0.25) is 0 Å². The Balaban J connectivity index is 0.00000181. The van der Waals surface area contributed by atoms with Gasteiger partial charge in [0.15, 0.2) is 0 Å². The smallest absolute Gasteiger partial charge is 0.243 e. The van der Waals surface area contributed by atoms with Crippen LogP contribution in [0.25, 0.3) is 0 Å². The number of hydrogen-bond acceptors (Lipinski definition) is 3. The quantitative estimate of drug-likeness (QED) is 0.736. The molecule has 0 radical (unpaired) electrons. The maximum Gasteiger partial charge on any atom is 0.243 e. The van der Waals surface area contributed by atoms with Gasteiger partial charge in [-0.2, -0.15) is 0 Å². The topological polar surface area (TPSA) is 61.4 Å². The number of amides is 2. The minimum absolute atomic E-state index is 0. The summed E-state index contributed by atoms with van der Waals surface area (Å²) in [7, 11) is 0. The summed E-state index contributed by atoms with van der Waals surface area (Å²) < 4.78 is 0. The second kappa shape index (κ2) is 7.40. The number of piperidine rings is 1. The van der Waals surface area contributed by atoms with Crippen LogP contribution in [-0.4, -0.2) is 47.4 Å². The Morgan fingerprint density at radius 2 is 1.45 bits per heavy atom. The van der Waals surface area contributed by atoms with Crippen LogP contribution in [0.4, 0.5) is 0 Å². The fourth-order valence-corrected chi connectivity index (χ4v) is 8.43. The second-order valence-electron chi connectivity index (χ2n) is 11.2. The van der Waals surface area contributed by atoms with E-state index < -0.39 is 0 Å². The monoisotopic (exact) mass is 421 g/mol. The Bertz CT molecular complexity index is 636. The van der Waals surface area contributed by atoms with Crippen molar-refractivity contribution in [2.24, 2.45) is 23.2 Å². The summed E-state index contributed by atoms with van der Waals surface area (Å²) in [5, 5.41) is 7.00. The van der Waals surface area contributed by atoms with E-state index in [2.05, 4.69) is 10.6 Å². The highest BCUT2D eigenvalue weighted by Crippen LogP contribution is 2.60. The molecule has 3 heterocycles. The second-order valence-corrected chi connectivity index (χ2v) is 11.2. The number of likely N-dealkylation sites (tertiary alicyclic amines) is 1. The lowest BCUT2D eigenvalue weighted by Gasteiger charge is -2.56. The highest BCUT2D eigenvalue weighted by Gasteiger charge is 2.56. The number of carbonyl (C=O) groups excluding carboxylic acids is 2. The molecule has 7 fully saturated rings. The molecule has 29 heavy (non-hydrogen) atoms. The lowest BCUT2D eigenvalue weighted by atomic mass is 9.49. The number of nitrogens with zero attached hydrogens (tertiary/aromatic N) is 1. The first kappa shape index (κ1) is 20.1. The third-order valence-electron chi connectivity index (χ3n) is 9.13. The van der Waals surface area contributed by atoms with Gasteiger partial charge in [0, 0.05) is 24.7 Å². The number of nitrogens with one attached hydrogen (secondary N) is 2. The largest absolute Gasteiger partial charge is 0.351 e. The third-order valence-corrected chi connectivity index (χ3v) is 9.13. The summed E-state index contributed by atoms with van der Waals surface area (Å²) in [6.45, 7) is 0.788. The molecule has 7 rings (SSSR count). The molecule has 3 aliphatic heterocycles. The van der Waals surface area contributed by atoms with Crippen LogP contribution in [0.1, 0.15) is 77.0 Å². The van der Waals surface area contributed by atoms with Crippen LogP contribution in [0.5, 0.6) is 0 Å². The summed E-state index contributed by atoms with van der Waals surface area (Å²) in [6.07, 6.45) is 13.8. The summed E-state index contributed by atoms with van der Waals surface area (Å²) >= 11 is 0. The van der Waals surface area contributed by atoms with E-state index >= 15 is 0 Å². The zero-order chi connectivity index (χ0) is 18.9. The van der Waals surface area contributed by atoms with Gasteiger partial charge in [0.1, 0.15) is 6.04 Å². The van der Waals surface area contributed by atoms with Crippen LogP contribution in [0.3, 0.4) is 0 Å². The van der Waals surface area contributed by atoms with Crippen LogP contribution in [-0.2, 0) is 9.59 Å². The predicted molar refractivity (Wildman–Crippen MR) is 114 cm³/mol.